The SMILES string of the molecule is C#CCCCCOc1cc(O)c2c(-c3ccccc3)cc(=O)oc2c1. The van der Waals surface area contributed by atoms with Crippen LogP contribution in [0, 0.1) is 12.3 Å². The standard InChI is InChI=1S/C21H18O4/c1-2-3-4-8-11-24-16-12-18(22)21-17(15-9-6-5-7-10-15)14-20(23)25-19(21)13-16/h1,5-7,9-10,12-14,22H,3-4,8,11H2. The van der Waals surface area contributed by atoms with Crippen molar-refractivity contribution < 1.29 is 14.3 Å². The third-order valence-electron chi connectivity index (χ3n) is 3.87. The summed E-state index contributed by atoms with van der Waals surface area (Å²) < 4.78 is 10.9. The van der Waals surface area contributed by atoms with Gasteiger partial charge in [0.1, 0.15) is 17.1 Å². The molecule has 25 heavy (non-hydrogen) atoms. The first-order valence-electron chi connectivity index (χ1n) is 8.11. The molecule has 0 aliphatic carbocycles. The van der Waals surface area contributed by atoms with Gasteiger partial charge < -0.3 is 14.3 Å². The highest BCUT2D eigenvalue weighted by Gasteiger charge is 2.13. The van der Waals surface area contributed by atoms with Crippen LogP contribution in [0.5, 0.6) is 11.5 Å². The average molecular weight is 334 g/mol. The molecule has 126 valence electrons. The van der Waals surface area contributed by atoms with Crippen molar-refractivity contribution in [2.45, 2.75) is 19.3 Å². The molecule has 3 rings (SSSR count). The molecular weight excluding hydrogens is 316 g/mol. The van der Waals surface area contributed by atoms with Crippen molar-refractivity contribution in [3.8, 4) is 35.0 Å². The summed E-state index contributed by atoms with van der Waals surface area (Å²) in [5.41, 5.74) is 1.28. The maximum absolute atomic E-state index is 11.9. The van der Waals surface area contributed by atoms with Gasteiger partial charge in [-0.25, -0.2) is 4.79 Å². The molecule has 1 aromatic heterocycles. The number of terminal acetylenes is 1. The largest absolute Gasteiger partial charge is 0.507 e. The Kier molecular flexibility index (Phi) is 5.06. The molecule has 0 unspecified atom stereocenters. The Morgan fingerprint density at radius 3 is 2.68 bits per heavy atom. The zero-order chi connectivity index (χ0) is 17.6. The van der Waals surface area contributed by atoms with Gasteiger partial charge in [-0.1, -0.05) is 30.3 Å². The van der Waals surface area contributed by atoms with Crippen LogP contribution in [0.3, 0.4) is 0 Å². The van der Waals surface area contributed by atoms with Crippen LogP contribution in [0.4, 0.5) is 0 Å². The molecule has 3 aromatic rings. The molecule has 2 aromatic carbocycles. The number of phenolic OH excluding ortho intramolecular Hbond substituents is 1. The van der Waals surface area contributed by atoms with E-state index in [1.54, 1.807) is 6.07 Å². The number of hydrogen-bond acceptors (Lipinski definition) is 4. The minimum Gasteiger partial charge on any atom is -0.507 e. The maximum atomic E-state index is 11.9. The fourth-order valence-corrected chi connectivity index (χ4v) is 2.70. The summed E-state index contributed by atoms with van der Waals surface area (Å²) in [6.07, 6.45) is 7.62. The second kappa shape index (κ2) is 7.59. The molecule has 0 atom stereocenters. The molecule has 0 aliphatic heterocycles. The van der Waals surface area contributed by atoms with Crippen LogP contribution in [-0.4, -0.2) is 11.7 Å². The fraction of sp³-hybridized carbons (Fsp3) is 0.190. The monoisotopic (exact) mass is 334 g/mol. The molecule has 0 bridgehead atoms. The summed E-state index contributed by atoms with van der Waals surface area (Å²) in [6, 6.07) is 14.0. The van der Waals surface area contributed by atoms with Gasteiger partial charge in [-0.05, 0) is 18.4 Å². The Morgan fingerprint density at radius 1 is 1.12 bits per heavy atom. The molecule has 0 saturated heterocycles. The minimum absolute atomic E-state index is 0.0127. The molecule has 0 radical (unpaired) electrons. The van der Waals surface area contributed by atoms with E-state index < -0.39 is 5.63 Å². The number of fused-ring (bicyclic) bond motifs is 1. The van der Waals surface area contributed by atoms with Crippen molar-refractivity contribution in [3.63, 3.8) is 0 Å². The van der Waals surface area contributed by atoms with Gasteiger partial charge in [0.2, 0.25) is 0 Å². The normalized spacial score (nSPS) is 10.5. The Hall–Kier alpha value is -3.19. The lowest BCUT2D eigenvalue weighted by atomic mass is 10.0. The highest BCUT2D eigenvalue weighted by Crippen LogP contribution is 2.36. The number of ether oxygens (including phenoxy) is 1. The number of hydrogen-bond donors (Lipinski definition) is 1. The number of phenols is 1. The predicted molar refractivity (Wildman–Crippen MR) is 97.8 cm³/mol. The highest BCUT2D eigenvalue weighted by molar-refractivity contribution is 5.98. The molecular formula is C21H18O4. The van der Waals surface area contributed by atoms with Crippen LogP contribution in [0.25, 0.3) is 22.1 Å². The van der Waals surface area contributed by atoms with Crippen LogP contribution >= 0.6 is 0 Å². The third kappa shape index (κ3) is 3.84. The molecule has 1 heterocycles. The van der Waals surface area contributed by atoms with Gasteiger partial charge >= 0.3 is 5.63 Å². The smallest absolute Gasteiger partial charge is 0.336 e. The molecule has 0 amide bonds. The second-order valence-electron chi connectivity index (χ2n) is 5.67. The first-order chi connectivity index (χ1) is 12.2. The van der Waals surface area contributed by atoms with Crippen LogP contribution in [0.15, 0.2) is 57.7 Å². The molecule has 4 nitrogen and oxygen atoms in total. The number of benzene rings is 2. The summed E-state index contributed by atoms with van der Waals surface area (Å²) in [4.78, 5) is 11.9. The van der Waals surface area contributed by atoms with Crippen molar-refractivity contribution in [1.29, 1.82) is 0 Å². The van der Waals surface area contributed by atoms with Crippen LogP contribution in [0.2, 0.25) is 0 Å². The van der Waals surface area contributed by atoms with E-state index in [-0.39, 0.29) is 5.75 Å². The van der Waals surface area contributed by atoms with Gasteiger partial charge in [0, 0.05) is 30.2 Å². The van der Waals surface area contributed by atoms with Crippen LogP contribution in [0.1, 0.15) is 19.3 Å². The predicted octanol–water partition coefficient (Wildman–Crippen LogP) is 4.35. The van der Waals surface area contributed by atoms with Gasteiger partial charge in [-0.3, -0.25) is 0 Å². The summed E-state index contributed by atoms with van der Waals surface area (Å²) in [5.74, 6) is 3.05. The van der Waals surface area contributed by atoms with Crippen LogP contribution in [-0.2, 0) is 0 Å². The van der Waals surface area contributed by atoms with E-state index >= 15 is 0 Å². The minimum atomic E-state index is -0.475. The van der Waals surface area contributed by atoms with Gasteiger partial charge in [0.25, 0.3) is 0 Å². The highest BCUT2D eigenvalue weighted by atomic mass is 16.5. The van der Waals surface area contributed by atoms with E-state index in [1.165, 1.54) is 12.1 Å². The van der Waals surface area contributed by atoms with Gasteiger partial charge in [-0.15, -0.1) is 12.3 Å². The van der Waals surface area contributed by atoms with Crippen molar-refractivity contribution in [2.75, 3.05) is 6.61 Å². The summed E-state index contributed by atoms with van der Waals surface area (Å²) in [6.45, 7) is 0.481. The van der Waals surface area contributed by atoms with E-state index in [4.69, 9.17) is 15.6 Å². The number of rotatable bonds is 6. The van der Waals surface area contributed by atoms with Gasteiger partial charge in [-0.2, -0.15) is 0 Å². The zero-order valence-corrected chi connectivity index (χ0v) is 13.7. The Bertz CT molecular complexity index is 965. The van der Waals surface area contributed by atoms with Crippen LogP contribution < -0.4 is 10.4 Å². The van der Waals surface area contributed by atoms with E-state index in [0.717, 1.165) is 18.4 Å². The molecule has 0 aliphatic rings. The fourth-order valence-electron chi connectivity index (χ4n) is 2.70. The maximum Gasteiger partial charge on any atom is 0.336 e. The molecule has 4 heteroatoms. The van der Waals surface area contributed by atoms with Crippen molar-refractivity contribution >= 4 is 11.0 Å². The second-order valence-corrected chi connectivity index (χ2v) is 5.67. The van der Waals surface area contributed by atoms with Crippen molar-refractivity contribution in [2.24, 2.45) is 0 Å². The van der Waals surface area contributed by atoms with Gasteiger partial charge in [0.05, 0.1) is 12.0 Å². The Labute approximate surface area is 145 Å². The van der Waals surface area contributed by atoms with Crippen molar-refractivity contribution in [3.05, 3.63) is 59.0 Å². The molecule has 0 spiro atoms. The zero-order valence-electron chi connectivity index (χ0n) is 13.7. The lowest BCUT2D eigenvalue weighted by molar-refractivity contribution is 0.306. The molecule has 0 fully saturated rings. The average Bonchev–Trinajstić information content (AvgIpc) is 2.61. The summed E-state index contributed by atoms with van der Waals surface area (Å²) in [7, 11) is 0. The van der Waals surface area contributed by atoms with E-state index in [9.17, 15) is 9.90 Å². The summed E-state index contributed by atoms with van der Waals surface area (Å²) in [5, 5.41) is 10.9. The number of aromatic hydroxyl groups is 1. The van der Waals surface area contributed by atoms with E-state index in [2.05, 4.69) is 5.92 Å². The van der Waals surface area contributed by atoms with E-state index in [1.807, 2.05) is 30.3 Å². The lowest BCUT2D eigenvalue weighted by Gasteiger charge is -2.11. The van der Waals surface area contributed by atoms with Crippen molar-refractivity contribution in [1.82, 2.24) is 0 Å². The van der Waals surface area contributed by atoms with E-state index in [0.29, 0.717) is 35.3 Å². The molecule has 0 saturated carbocycles. The topological polar surface area (TPSA) is 59.7 Å². The Balaban J connectivity index is 1.96. The van der Waals surface area contributed by atoms with Gasteiger partial charge in [0.15, 0.2) is 0 Å². The first kappa shape index (κ1) is 16.7. The third-order valence-corrected chi connectivity index (χ3v) is 3.87. The molecule has 1 N–H and O–H groups in total. The quantitative estimate of drug-likeness (QED) is 0.414. The lowest BCUT2D eigenvalue weighted by Crippen LogP contribution is -2.00. The first-order valence-corrected chi connectivity index (χ1v) is 8.11. The Morgan fingerprint density at radius 2 is 1.92 bits per heavy atom. The number of unbranched alkanes of at least 4 members (excludes halogenated alkanes) is 2. The summed E-state index contributed by atoms with van der Waals surface area (Å²) >= 11 is 0.